The summed E-state index contributed by atoms with van der Waals surface area (Å²) in [5, 5.41) is 10.6. The Labute approximate surface area is 201 Å². The minimum atomic E-state index is -0.499. The molecular formula is C27H35NO4S. The maximum absolute atomic E-state index is 12.4. The highest BCUT2D eigenvalue weighted by molar-refractivity contribution is 7.13. The molecule has 0 bridgehead atoms. The number of likely N-dealkylation sites (tertiary alicyclic amines) is 1. The molecule has 0 saturated carbocycles. The molecule has 2 aromatic rings. The van der Waals surface area contributed by atoms with Crippen molar-refractivity contribution in [3.8, 4) is 0 Å². The summed E-state index contributed by atoms with van der Waals surface area (Å²) in [6.07, 6.45) is 9.46. The van der Waals surface area contributed by atoms with E-state index in [1.807, 2.05) is 29.2 Å². The molecule has 33 heavy (non-hydrogen) atoms. The van der Waals surface area contributed by atoms with Gasteiger partial charge in [-0.3, -0.25) is 4.79 Å². The van der Waals surface area contributed by atoms with Gasteiger partial charge in [-0.2, -0.15) is 0 Å². The Bertz CT molecular complexity index is 923. The topological polar surface area (TPSA) is 66.8 Å². The molecule has 1 unspecified atom stereocenters. The van der Waals surface area contributed by atoms with E-state index in [9.17, 15) is 14.7 Å². The van der Waals surface area contributed by atoms with E-state index in [0.29, 0.717) is 17.8 Å². The van der Waals surface area contributed by atoms with Crippen LogP contribution in [0.15, 0.2) is 54.6 Å². The first kappa shape index (κ1) is 25.2. The molecular weight excluding hydrogens is 434 g/mol. The summed E-state index contributed by atoms with van der Waals surface area (Å²) < 4.78 is 4.76. The smallest absolute Gasteiger partial charge is 0.348 e. The molecule has 1 aliphatic heterocycles. The SMILES string of the molecule is COC(=O)c1ccc(CCCN2C(=O)CC[C@@H]2/C=C/[C@@H](O)C(C)CCCc2ccccc2)s1. The van der Waals surface area contributed by atoms with Crippen LogP contribution in [-0.4, -0.2) is 47.7 Å². The summed E-state index contributed by atoms with van der Waals surface area (Å²) in [5.74, 6) is 0.0499. The third-order valence-electron chi connectivity index (χ3n) is 6.33. The number of nitrogens with zero attached hydrogens (tertiary/aromatic N) is 1. The minimum Gasteiger partial charge on any atom is -0.465 e. The summed E-state index contributed by atoms with van der Waals surface area (Å²) in [4.78, 5) is 27.6. The molecule has 0 aliphatic carbocycles. The molecule has 5 nitrogen and oxygen atoms in total. The van der Waals surface area contributed by atoms with Gasteiger partial charge in [-0.15, -0.1) is 11.3 Å². The molecule has 3 rings (SSSR count). The highest BCUT2D eigenvalue weighted by atomic mass is 32.1. The predicted octanol–water partition coefficient (Wildman–Crippen LogP) is 5.03. The Morgan fingerprint density at radius 2 is 2.00 bits per heavy atom. The van der Waals surface area contributed by atoms with Crippen LogP contribution in [-0.2, 0) is 22.4 Å². The first-order valence-electron chi connectivity index (χ1n) is 11.8. The monoisotopic (exact) mass is 469 g/mol. The number of carbonyl (C=O) groups is 2. The lowest BCUT2D eigenvalue weighted by atomic mass is 9.95. The molecule has 3 atom stereocenters. The fraction of sp³-hybridized carbons (Fsp3) is 0.481. The average Bonchev–Trinajstić information content (AvgIpc) is 3.44. The molecule has 1 amide bonds. The average molecular weight is 470 g/mol. The van der Waals surface area contributed by atoms with Crippen LogP contribution in [0.5, 0.6) is 0 Å². The van der Waals surface area contributed by atoms with E-state index < -0.39 is 6.10 Å². The van der Waals surface area contributed by atoms with Crippen LogP contribution in [0.2, 0.25) is 0 Å². The molecule has 1 N–H and O–H groups in total. The largest absolute Gasteiger partial charge is 0.465 e. The van der Waals surface area contributed by atoms with E-state index in [-0.39, 0.29) is 23.8 Å². The van der Waals surface area contributed by atoms with Gasteiger partial charge < -0.3 is 14.7 Å². The molecule has 6 heteroatoms. The number of amides is 1. The Hall–Kier alpha value is -2.44. The van der Waals surface area contributed by atoms with E-state index in [2.05, 4.69) is 31.2 Å². The summed E-state index contributed by atoms with van der Waals surface area (Å²) in [5.41, 5.74) is 1.33. The summed E-state index contributed by atoms with van der Waals surface area (Å²) in [7, 11) is 1.39. The Kier molecular flexibility index (Phi) is 9.70. The van der Waals surface area contributed by atoms with Gasteiger partial charge in [-0.1, -0.05) is 49.4 Å². The molecule has 1 fully saturated rings. The van der Waals surface area contributed by atoms with Crippen LogP contribution in [0.4, 0.5) is 0 Å². The van der Waals surface area contributed by atoms with Crippen molar-refractivity contribution in [2.75, 3.05) is 13.7 Å². The highest BCUT2D eigenvalue weighted by Crippen LogP contribution is 2.23. The lowest BCUT2D eigenvalue weighted by molar-refractivity contribution is -0.128. The van der Waals surface area contributed by atoms with Crippen molar-refractivity contribution in [1.29, 1.82) is 0 Å². The van der Waals surface area contributed by atoms with Crippen molar-refractivity contribution in [2.45, 2.75) is 64.0 Å². The normalized spacial score (nSPS) is 18.1. The number of methoxy groups -OCH3 is 1. The number of aryl methyl sites for hydroxylation is 2. The van der Waals surface area contributed by atoms with E-state index in [1.165, 1.54) is 24.0 Å². The second-order valence-corrected chi connectivity index (χ2v) is 9.95. The molecule has 0 radical (unpaired) electrons. The van der Waals surface area contributed by atoms with Gasteiger partial charge in [0.15, 0.2) is 0 Å². The zero-order valence-corrected chi connectivity index (χ0v) is 20.4. The van der Waals surface area contributed by atoms with Gasteiger partial charge in [-0.05, 0) is 62.1 Å². The van der Waals surface area contributed by atoms with Crippen LogP contribution in [0, 0.1) is 5.92 Å². The number of aliphatic hydroxyl groups is 1. The van der Waals surface area contributed by atoms with E-state index in [1.54, 1.807) is 6.07 Å². The summed E-state index contributed by atoms with van der Waals surface area (Å²) in [6.45, 7) is 2.77. The molecule has 1 aliphatic rings. The lowest BCUT2D eigenvalue weighted by Gasteiger charge is -2.23. The van der Waals surface area contributed by atoms with Crippen LogP contribution >= 0.6 is 11.3 Å². The van der Waals surface area contributed by atoms with Crippen molar-refractivity contribution in [3.63, 3.8) is 0 Å². The number of aliphatic hydroxyl groups excluding tert-OH is 1. The van der Waals surface area contributed by atoms with E-state index >= 15 is 0 Å². The molecule has 2 heterocycles. The third-order valence-corrected chi connectivity index (χ3v) is 7.45. The quantitative estimate of drug-likeness (QED) is 0.350. The van der Waals surface area contributed by atoms with Crippen molar-refractivity contribution in [3.05, 3.63) is 69.9 Å². The van der Waals surface area contributed by atoms with Gasteiger partial charge in [-0.25, -0.2) is 4.79 Å². The van der Waals surface area contributed by atoms with Crippen molar-refractivity contribution < 1.29 is 19.4 Å². The van der Waals surface area contributed by atoms with Crippen molar-refractivity contribution in [2.24, 2.45) is 5.92 Å². The molecule has 178 valence electrons. The van der Waals surface area contributed by atoms with Gasteiger partial charge in [0, 0.05) is 17.8 Å². The zero-order chi connectivity index (χ0) is 23.6. The van der Waals surface area contributed by atoms with Gasteiger partial charge in [0.2, 0.25) is 5.91 Å². The van der Waals surface area contributed by atoms with Crippen molar-refractivity contribution >= 4 is 23.2 Å². The van der Waals surface area contributed by atoms with Crippen molar-refractivity contribution in [1.82, 2.24) is 4.90 Å². The van der Waals surface area contributed by atoms with Crippen LogP contribution in [0.3, 0.4) is 0 Å². The van der Waals surface area contributed by atoms with Gasteiger partial charge in [0.1, 0.15) is 4.88 Å². The van der Waals surface area contributed by atoms with E-state index in [0.717, 1.165) is 43.4 Å². The van der Waals surface area contributed by atoms with Gasteiger partial charge in [0.05, 0.1) is 19.3 Å². The third kappa shape index (κ3) is 7.54. The predicted molar refractivity (Wildman–Crippen MR) is 132 cm³/mol. The maximum Gasteiger partial charge on any atom is 0.348 e. The Morgan fingerprint density at radius 1 is 1.21 bits per heavy atom. The first-order valence-corrected chi connectivity index (χ1v) is 12.7. The number of thiophene rings is 1. The molecule has 1 aromatic carbocycles. The second kappa shape index (κ2) is 12.7. The second-order valence-electron chi connectivity index (χ2n) is 8.78. The van der Waals surface area contributed by atoms with Gasteiger partial charge in [0.25, 0.3) is 0 Å². The number of esters is 1. The number of rotatable bonds is 12. The van der Waals surface area contributed by atoms with E-state index in [4.69, 9.17) is 4.74 Å². The van der Waals surface area contributed by atoms with Gasteiger partial charge >= 0.3 is 5.97 Å². The summed E-state index contributed by atoms with van der Waals surface area (Å²) in [6, 6.07) is 14.2. The van der Waals surface area contributed by atoms with Crippen LogP contribution in [0.25, 0.3) is 0 Å². The molecule has 0 spiro atoms. The highest BCUT2D eigenvalue weighted by Gasteiger charge is 2.28. The standard InChI is InChI=1S/C27H35NO4S/c1-20(8-6-11-21-9-4-3-5-10-21)24(29)16-13-22-14-18-26(30)28(22)19-7-12-23-15-17-25(33-23)27(31)32-2/h3-5,9-10,13,15-17,20,22,24,29H,6-8,11-12,14,18-19H2,1-2H3/b16-13+/t20?,22-,24+/m0/s1. The van der Waals surface area contributed by atoms with Crippen LogP contribution in [0.1, 0.15) is 59.1 Å². The first-order chi connectivity index (χ1) is 16.0. The number of hydrogen-bond acceptors (Lipinski definition) is 5. The fourth-order valence-electron chi connectivity index (χ4n) is 4.27. The number of carbonyl (C=O) groups excluding carboxylic acids is 2. The Morgan fingerprint density at radius 3 is 2.76 bits per heavy atom. The molecule has 1 aromatic heterocycles. The minimum absolute atomic E-state index is 0.0534. The number of benzene rings is 1. The Balaban J connectivity index is 1.43. The molecule has 1 saturated heterocycles. The maximum atomic E-state index is 12.4. The fourth-order valence-corrected chi connectivity index (χ4v) is 5.24. The van der Waals surface area contributed by atoms with Crippen LogP contribution < -0.4 is 0 Å². The zero-order valence-electron chi connectivity index (χ0n) is 19.6. The number of ether oxygens (including phenoxy) is 1. The lowest BCUT2D eigenvalue weighted by Crippen LogP contribution is -2.33. The summed E-state index contributed by atoms with van der Waals surface area (Å²) >= 11 is 1.45. The number of hydrogen-bond donors (Lipinski definition) is 1.